The SMILES string of the molecule is Cc1nc(S(=O)(=O)CCF)sc1C. The van der Waals surface area contributed by atoms with Gasteiger partial charge in [-0.3, -0.25) is 0 Å². The van der Waals surface area contributed by atoms with E-state index in [-0.39, 0.29) is 4.34 Å². The van der Waals surface area contributed by atoms with Crippen molar-refractivity contribution in [1.29, 1.82) is 0 Å². The molecule has 0 amide bonds. The van der Waals surface area contributed by atoms with Gasteiger partial charge in [0.2, 0.25) is 14.2 Å². The second-order valence-electron chi connectivity index (χ2n) is 2.63. The maximum atomic E-state index is 11.9. The van der Waals surface area contributed by atoms with Crippen molar-refractivity contribution in [3.8, 4) is 0 Å². The first kappa shape index (κ1) is 10.6. The Kier molecular flexibility index (Phi) is 3.02. The fourth-order valence-electron chi connectivity index (χ4n) is 0.765. The van der Waals surface area contributed by atoms with Crippen LogP contribution in [0, 0.1) is 13.8 Å². The Morgan fingerprint density at radius 3 is 2.46 bits per heavy atom. The van der Waals surface area contributed by atoms with Crippen molar-refractivity contribution < 1.29 is 12.8 Å². The standard InChI is InChI=1S/C7H10FNO2S2/c1-5-6(2)12-7(9-5)13(10,11)4-3-8/h3-4H2,1-2H3. The first-order chi connectivity index (χ1) is 5.97. The molecule has 0 saturated carbocycles. The molecule has 1 aromatic heterocycles. The molecule has 1 rings (SSSR count). The summed E-state index contributed by atoms with van der Waals surface area (Å²) in [6.07, 6.45) is 0. The summed E-state index contributed by atoms with van der Waals surface area (Å²) in [5.41, 5.74) is 0.697. The number of sulfone groups is 1. The molecule has 0 spiro atoms. The van der Waals surface area contributed by atoms with E-state index in [2.05, 4.69) is 4.98 Å². The van der Waals surface area contributed by atoms with Gasteiger partial charge in [-0.2, -0.15) is 0 Å². The van der Waals surface area contributed by atoms with Crippen LogP contribution in [0.3, 0.4) is 0 Å². The third kappa shape index (κ3) is 2.25. The Bertz CT molecular complexity index is 377. The smallest absolute Gasteiger partial charge is 0.209 e. The third-order valence-corrected chi connectivity index (χ3v) is 4.82. The molecule has 0 atom stereocenters. The summed E-state index contributed by atoms with van der Waals surface area (Å²) in [6, 6.07) is 0. The molecule has 0 N–H and O–H groups in total. The number of halogens is 1. The summed E-state index contributed by atoms with van der Waals surface area (Å²) in [5.74, 6) is -0.473. The minimum absolute atomic E-state index is 0.0279. The quantitative estimate of drug-likeness (QED) is 0.780. The molecule has 1 aromatic rings. The molecule has 0 aliphatic rings. The molecular weight excluding hydrogens is 213 g/mol. The average molecular weight is 223 g/mol. The molecule has 0 fully saturated rings. The number of aryl methyl sites for hydroxylation is 2. The first-order valence-corrected chi connectivity index (χ1v) is 6.17. The van der Waals surface area contributed by atoms with Crippen LogP contribution in [-0.4, -0.2) is 25.8 Å². The number of alkyl halides is 1. The number of hydrogen-bond donors (Lipinski definition) is 0. The Hall–Kier alpha value is -0.490. The lowest BCUT2D eigenvalue weighted by atomic mass is 10.4. The summed E-state index contributed by atoms with van der Waals surface area (Å²) >= 11 is 1.10. The highest BCUT2D eigenvalue weighted by Crippen LogP contribution is 2.21. The van der Waals surface area contributed by atoms with Gasteiger partial charge in [-0.05, 0) is 13.8 Å². The summed E-state index contributed by atoms with van der Waals surface area (Å²) < 4.78 is 34.5. The van der Waals surface area contributed by atoms with Gasteiger partial charge in [-0.15, -0.1) is 11.3 Å². The van der Waals surface area contributed by atoms with Gasteiger partial charge < -0.3 is 0 Å². The molecule has 0 unspecified atom stereocenters. The van der Waals surface area contributed by atoms with Crippen LogP contribution in [0.1, 0.15) is 10.6 Å². The molecule has 0 aliphatic heterocycles. The zero-order valence-electron chi connectivity index (χ0n) is 7.37. The van der Waals surface area contributed by atoms with E-state index in [1.165, 1.54) is 0 Å². The van der Waals surface area contributed by atoms with Crippen molar-refractivity contribution in [2.75, 3.05) is 12.4 Å². The van der Waals surface area contributed by atoms with Gasteiger partial charge in [-0.1, -0.05) is 0 Å². The van der Waals surface area contributed by atoms with E-state index in [9.17, 15) is 12.8 Å². The van der Waals surface area contributed by atoms with Gasteiger partial charge >= 0.3 is 0 Å². The maximum Gasteiger partial charge on any atom is 0.209 e. The van der Waals surface area contributed by atoms with Gasteiger partial charge in [0.15, 0.2) is 0 Å². The number of thiazole rings is 1. The Morgan fingerprint density at radius 2 is 2.08 bits per heavy atom. The monoisotopic (exact) mass is 223 g/mol. The molecule has 1 heterocycles. The molecule has 0 aliphatic carbocycles. The van der Waals surface area contributed by atoms with Gasteiger partial charge in [0, 0.05) is 4.88 Å². The van der Waals surface area contributed by atoms with Crippen molar-refractivity contribution in [3.05, 3.63) is 10.6 Å². The molecule has 0 aromatic carbocycles. The van der Waals surface area contributed by atoms with Gasteiger partial charge in [-0.25, -0.2) is 17.8 Å². The molecular formula is C7H10FNO2S2. The highest BCUT2D eigenvalue weighted by molar-refractivity contribution is 7.93. The predicted octanol–water partition coefficient (Wildman–Crippen LogP) is 1.50. The summed E-state index contributed by atoms with van der Waals surface area (Å²) in [5, 5.41) is 0. The van der Waals surface area contributed by atoms with E-state index in [0.717, 1.165) is 16.2 Å². The van der Waals surface area contributed by atoms with Crippen LogP contribution in [0.25, 0.3) is 0 Å². The molecule has 0 saturated heterocycles. The van der Waals surface area contributed by atoms with E-state index in [1.54, 1.807) is 13.8 Å². The first-order valence-electron chi connectivity index (χ1n) is 3.70. The van der Waals surface area contributed by atoms with Gasteiger partial charge in [0.1, 0.15) is 6.67 Å². The Morgan fingerprint density at radius 1 is 1.46 bits per heavy atom. The normalized spacial score (nSPS) is 11.9. The highest BCUT2D eigenvalue weighted by atomic mass is 32.2. The van der Waals surface area contributed by atoms with Crippen LogP contribution in [0.2, 0.25) is 0 Å². The third-order valence-electron chi connectivity index (χ3n) is 1.62. The average Bonchev–Trinajstić information content (AvgIpc) is 2.33. The zero-order valence-corrected chi connectivity index (χ0v) is 9.01. The molecule has 6 heteroatoms. The molecule has 74 valence electrons. The molecule has 13 heavy (non-hydrogen) atoms. The second-order valence-corrected chi connectivity index (χ2v) is 6.12. The fourth-order valence-corrected chi connectivity index (χ4v) is 3.19. The van der Waals surface area contributed by atoms with Crippen molar-refractivity contribution in [2.45, 2.75) is 18.2 Å². The van der Waals surface area contributed by atoms with E-state index in [1.807, 2.05) is 0 Å². The summed E-state index contributed by atoms with van der Waals surface area (Å²) in [6.45, 7) is 2.67. The van der Waals surface area contributed by atoms with Crippen LogP contribution >= 0.6 is 11.3 Å². The van der Waals surface area contributed by atoms with Crippen LogP contribution in [0.4, 0.5) is 4.39 Å². The molecule has 0 radical (unpaired) electrons. The van der Waals surface area contributed by atoms with E-state index < -0.39 is 22.3 Å². The topological polar surface area (TPSA) is 47.0 Å². The number of nitrogens with zero attached hydrogens (tertiary/aromatic N) is 1. The van der Waals surface area contributed by atoms with Crippen LogP contribution < -0.4 is 0 Å². The van der Waals surface area contributed by atoms with Crippen molar-refractivity contribution in [1.82, 2.24) is 4.98 Å². The van der Waals surface area contributed by atoms with Crippen LogP contribution in [0.5, 0.6) is 0 Å². The highest BCUT2D eigenvalue weighted by Gasteiger charge is 2.19. The fraction of sp³-hybridized carbons (Fsp3) is 0.571. The number of aromatic nitrogens is 1. The van der Waals surface area contributed by atoms with Gasteiger partial charge in [0.05, 0.1) is 11.4 Å². The van der Waals surface area contributed by atoms with E-state index in [0.29, 0.717) is 5.69 Å². The van der Waals surface area contributed by atoms with Crippen LogP contribution in [0.15, 0.2) is 4.34 Å². The lowest BCUT2D eigenvalue weighted by Gasteiger charge is -1.93. The Balaban J connectivity index is 3.08. The summed E-state index contributed by atoms with van der Waals surface area (Å²) in [4.78, 5) is 4.72. The summed E-state index contributed by atoms with van der Waals surface area (Å²) in [7, 11) is -3.48. The van der Waals surface area contributed by atoms with E-state index >= 15 is 0 Å². The number of hydrogen-bond acceptors (Lipinski definition) is 4. The molecule has 0 bridgehead atoms. The van der Waals surface area contributed by atoms with E-state index in [4.69, 9.17) is 0 Å². The van der Waals surface area contributed by atoms with Crippen molar-refractivity contribution >= 4 is 21.2 Å². The van der Waals surface area contributed by atoms with Crippen molar-refractivity contribution in [3.63, 3.8) is 0 Å². The predicted molar refractivity (Wildman–Crippen MR) is 49.6 cm³/mol. The largest absolute Gasteiger partial charge is 0.250 e. The van der Waals surface area contributed by atoms with Crippen molar-refractivity contribution in [2.24, 2.45) is 0 Å². The zero-order chi connectivity index (χ0) is 10.1. The lowest BCUT2D eigenvalue weighted by Crippen LogP contribution is -2.07. The van der Waals surface area contributed by atoms with Crippen LogP contribution in [-0.2, 0) is 9.84 Å². The van der Waals surface area contributed by atoms with Gasteiger partial charge in [0.25, 0.3) is 0 Å². The maximum absolute atomic E-state index is 11.9. The minimum Gasteiger partial charge on any atom is -0.250 e. The Labute approximate surface area is 80.5 Å². The lowest BCUT2D eigenvalue weighted by molar-refractivity contribution is 0.517. The number of rotatable bonds is 3. The minimum atomic E-state index is -3.48. The molecule has 3 nitrogen and oxygen atoms in total. The second kappa shape index (κ2) is 3.71.